The van der Waals surface area contributed by atoms with E-state index in [1.165, 1.54) is 13.2 Å². The highest BCUT2D eigenvalue weighted by Crippen LogP contribution is 2.48. The van der Waals surface area contributed by atoms with Crippen molar-refractivity contribution in [2.45, 2.75) is 30.9 Å². The van der Waals surface area contributed by atoms with Crippen molar-refractivity contribution in [2.75, 3.05) is 13.7 Å². The standard InChI is InChI=1S/C13H15BrF3NO/c1-19-11-9(13(15,16)17)5-8(6-10(11)14)12(7-18)3-2-4-12/h5-6H,2-4,7,18H2,1H3. The van der Waals surface area contributed by atoms with E-state index in [-0.39, 0.29) is 11.2 Å². The minimum Gasteiger partial charge on any atom is -0.495 e. The Labute approximate surface area is 118 Å². The molecule has 1 aromatic carbocycles. The average molecular weight is 338 g/mol. The Balaban J connectivity index is 2.57. The quantitative estimate of drug-likeness (QED) is 0.908. The van der Waals surface area contributed by atoms with E-state index in [4.69, 9.17) is 10.5 Å². The normalized spacial score (nSPS) is 18.0. The van der Waals surface area contributed by atoms with E-state index in [0.29, 0.717) is 16.6 Å². The SMILES string of the molecule is COc1c(Br)cc(C2(CN)CCC2)cc1C(F)(F)F. The molecule has 6 heteroatoms. The predicted octanol–water partition coefficient (Wildman–Crippen LogP) is 3.86. The van der Waals surface area contributed by atoms with Crippen molar-refractivity contribution in [3.63, 3.8) is 0 Å². The fourth-order valence-corrected chi connectivity index (χ4v) is 3.15. The number of ether oxygens (including phenoxy) is 1. The van der Waals surface area contributed by atoms with Gasteiger partial charge in [-0.05, 0) is 46.5 Å². The van der Waals surface area contributed by atoms with E-state index in [2.05, 4.69) is 15.9 Å². The number of methoxy groups -OCH3 is 1. The summed E-state index contributed by atoms with van der Waals surface area (Å²) in [7, 11) is 1.23. The number of nitrogens with two attached hydrogens (primary N) is 1. The lowest BCUT2D eigenvalue weighted by Crippen LogP contribution is -2.41. The lowest BCUT2D eigenvalue weighted by Gasteiger charge is -2.42. The number of hydrogen-bond donors (Lipinski definition) is 1. The van der Waals surface area contributed by atoms with Gasteiger partial charge < -0.3 is 10.5 Å². The van der Waals surface area contributed by atoms with E-state index in [9.17, 15) is 13.2 Å². The van der Waals surface area contributed by atoms with Crippen molar-refractivity contribution in [3.8, 4) is 5.75 Å². The van der Waals surface area contributed by atoms with Crippen molar-refractivity contribution in [2.24, 2.45) is 5.73 Å². The molecule has 0 spiro atoms. The molecule has 0 aromatic heterocycles. The molecular formula is C13H15BrF3NO. The third-order valence-electron chi connectivity index (χ3n) is 3.87. The molecule has 1 fully saturated rings. The van der Waals surface area contributed by atoms with Gasteiger partial charge in [0, 0.05) is 12.0 Å². The molecule has 2 nitrogen and oxygen atoms in total. The molecule has 2 N–H and O–H groups in total. The first-order valence-electron chi connectivity index (χ1n) is 5.99. The van der Waals surface area contributed by atoms with Crippen molar-refractivity contribution in [1.82, 2.24) is 0 Å². The van der Waals surface area contributed by atoms with Crippen LogP contribution in [0.2, 0.25) is 0 Å². The van der Waals surface area contributed by atoms with Crippen LogP contribution in [0, 0.1) is 0 Å². The minimum atomic E-state index is -4.44. The smallest absolute Gasteiger partial charge is 0.420 e. The maximum absolute atomic E-state index is 13.1. The fourth-order valence-electron chi connectivity index (χ4n) is 2.53. The van der Waals surface area contributed by atoms with Gasteiger partial charge in [-0.3, -0.25) is 0 Å². The lowest BCUT2D eigenvalue weighted by atomic mass is 9.64. The summed E-state index contributed by atoms with van der Waals surface area (Å²) in [5, 5.41) is 0. The molecule has 0 radical (unpaired) electrons. The number of halogens is 4. The molecule has 0 bridgehead atoms. The average Bonchev–Trinajstić information content (AvgIpc) is 2.26. The van der Waals surface area contributed by atoms with Gasteiger partial charge in [-0.25, -0.2) is 0 Å². The minimum absolute atomic E-state index is 0.178. The summed E-state index contributed by atoms with van der Waals surface area (Å²) in [5.74, 6) is -0.178. The predicted molar refractivity (Wildman–Crippen MR) is 70.3 cm³/mol. The second-order valence-corrected chi connectivity index (χ2v) is 5.73. The Morgan fingerprint density at radius 2 is 2.00 bits per heavy atom. The van der Waals surface area contributed by atoms with Gasteiger partial charge in [0.05, 0.1) is 17.1 Å². The molecule has 1 aliphatic carbocycles. The van der Waals surface area contributed by atoms with Crippen LogP contribution in [0.25, 0.3) is 0 Å². The molecule has 2 rings (SSSR count). The summed E-state index contributed by atoms with van der Waals surface area (Å²) in [6, 6.07) is 2.87. The first kappa shape index (κ1) is 14.7. The van der Waals surface area contributed by atoms with Gasteiger partial charge >= 0.3 is 6.18 Å². The Bertz CT molecular complexity index is 478. The summed E-state index contributed by atoms with van der Waals surface area (Å²) < 4.78 is 44.4. The molecule has 0 unspecified atom stereocenters. The molecule has 19 heavy (non-hydrogen) atoms. The zero-order valence-electron chi connectivity index (χ0n) is 10.5. The second-order valence-electron chi connectivity index (χ2n) is 4.87. The van der Waals surface area contributed by atoms with E-state index >= 15 is 0 Å². The maximum atomic E-state index is 13.1. The van der Waals surface area contributed by atoms with Gasteiger partial charge in [0.15, 0.2) is 0 Å². The van der Waals surface area contributed by atoms with Gasteiger partial charge in [0.1, 0.15) is 5.75 Å². The monoisotopic (exact) mass is 337 g/mol. The van der Waals surface area contributed by atoms with Crippen LogP contribution in [0.15, 0.2) is 16.6 Å². The van der Waals surface area contributed by atoms with Crippen LogP contribution < -0.4 is 10.5 Å². The number of hydrogen-bond acceptors (Lipinski definition) is 2. The highest BCUT2D eigenvalue weighted by Gasteiger charge is 2.41. The molecule has 106 valence electrons. The van der Waals surface area contributed by atoms with Gasteiger partial charge in [0.2, 0.25) is 0 Å². The molecule has 0 saturated heterocycles. The summed E-state index contributed by atoms with van der Waals surface area (Å²) in [5.41, 5.74) is 5.33. The first-order valence-corrected chi connectivity index (χ1v) is 6.78. The van der Waals surface area contributed by atoms with Gasteiger partial charge in [-0.15, -0.1) is 0 Å². The largest absolute Gasteiger partial charge is 0.495 e. The van der Waals surface area contributed by atoms with Crippen molar-refractivity contribution in [1.29, 1.82) is 0 Å². The van der Waals surface area contributed by atoms with Crippen LogP contribution in [-0.2, 0) is 11.6 Å². The molecule has 0 amide bonds. The van der Waals surface area contributed by atoms with Crippen LogP contribution >= 0.6 is 15.9 Å². The Morgan fingerprint density at radius 1 is 1.37 bits per heavy atom. The second kappa shape index (κ2) is 4.98. The van der Waals surface area contributed by atoms with Gasteiger partial charge in [0.25, 0.3) is 0 Å². The van der Waals surface area contributed by atoms with Crippen LogP contribution in [-0.4, -0.2) is 13.7 Å². The Morgan fingerprint density at radius 3 is 2.37 bits per heavy atom. The highest BCUT2D eigenvalue weighted by atomic mass is 79.9. The Hall–Kier alpha value is -0.750. The summed E-state index contributed by atoms with van der Waals surface area (Å²) in [6.45, 7) is 0.364. The third-order valence-corrected chi connectivity index (χ3v) is 4.46. The van der Waals surface area contributed by atoms with Crippen LogP contribution in [0.5, 0.6) is 5.75 Å². The van der Waals surface area contributed by atoms with E-state index < -0.39 is 11.7 Å². The molecule has 0 atom stereocenters. The summed E-state index contributed by atoms with van der Waals surface area (Å²) in [6.07, 6.45) is -1.77. The third kappa shape index (κ3) is 2.48. The molecule has 1 aliphatic rings. The van der Waals surface area contributed by atoms with Crippen molar-refractivity contribution < 1.29 is 17.9 Å². The van der Waals surface area contributed by atoms with Crippen molar-refractivity contribution >= 4 is 15.9 Å². The van der Waals surface area contributed by atoms with E-state index in [1.54, 1.807) is 6.07 Å². The zero-order valence-corrected chi connectivity index (χ0v) is 12.1. The molecule has 0 heterocycles. The first-order chi connectivity index (χ1) is 8.84. The molecule has 0 aliphatic heterocycles. The van der Waals surface area contributed by atoms with Crippen molar-refractivity contribution in [3.05, 3.63) is 27.7 Å². The fraction of sp³-hybridized carbons (Fsp3) is 0.538. The number of alkyl halides is 3. The molecular weight excluding hydrogens is 323 g/mol. The Kier molecular flexibility index (Phi) is 3.84. The number of rotatable bonds is 3. The van der Waals surface area contributed by atoms with E-state index in [1.807, 2.05) is 0 Å². The summed E-state index contributed by atoms with van der Waals surface area (Å²) in [4.78, 5) is 0. The molecule has 1 saturated carbocycles. The maximum Gasteiger partial charge on any atom is 0.420 e. The molecule has 1 aromatic rings. The van der Waals surface area contributed by atoms with Crippen LogP contribution in [0.1, 0.15) is 30.4 Å². The summed E-state index contributed by atoms with van der Waals surface area (Å²) >= 11 is 3.16. The lowest BCUT2D eigenvalue weighted by molar-refractivity contribution is -0.138. The highest BCUT2D eigenvalue weighted by molar-refractivity contribution is 9.10. The topological polar surface area (TPSA) is 35.2 Å². The van der Waals surface area contributed by atoms with Crippen LogP contribution in [0.4, 0.5) is 13.2 Å². The zero-order chi connectivity index (χ0) is 14.3. The van der Waals surface area contributed by atoms with E-state index in [0.717, 1.165) is 19.3 Å². The van der Waals surface area contributed by atoms with Gasteiger partial charge in [-0.1, -0.05) is 6.42 Å². The van der Waals surface area contributed by atoms with Crippen LogP contribution in [0.3, 0.4) is 0 Å². The number of benzene rings is 1. The van der Waals surface area contributed by atoms with Gasteiger partial charge in [-0.2, -0.15) is 13.2 Å².